The number of aryl methyl sites for hydroxylation is 1. The third-order valence-electron chi connectivity index (χ3n) is 9.66. The molecule has 10 nitrogen and oxygen atoms in total. The van der Waals surface area contributed by atoms with Crippen molar-refractivity contribution in [3.05, 3.63) is 137 Å². The van der Waals surface area contributed by atoms with Crippen LogP contribution in [0.2, 0.25) is 0 Å². The maximum absolute atomic E-state index is 14.6. The Hall–Kier alpha value is -5.81. The molecule has 1 aliphatic rings. The minimum absolute atomic E-state index is 0.155. The van der Waals surface area contributed by atoms with Crippen molar-refractivity contribution in [2.75, 3.05) is 25.0 Å². The van der Waals surface area contributed by atoms with Crippen LogP contribution >= 0.6 is 0 Å². The molecule has 0 saturated heterocycles. The average molecular weight is 732 g/mol. The zero-order valence-electron chi connectivity index (χ0n) is 30.9. The number of carbonyl (C=O) groups is 3. The van der Waals surface area contributed by atoms with Crippen LogP contribution in [0.1, 0.15) is 87.6 Å². The summed E-state index contributed by atoms with van der Waals surface area (Å²) in [4.78, 5) is 45.3. The minimum Gasteiger partial charge on any atom is -0.457 e. The van der Waals surface area contributed by atoms with Gasteiger partial charge in [0.05, 0.1) is 23.9 Å². The number of aromatic nitrogens is 2. The summed E-state index contributed by atoms with van der Waals surface area (Å²) in [5, 5.41) is 18.1. The molecular weight excluding hydrogens is 686 g/mol. The molecule has 5 aromatic rings. The first-order valence-corrected chi connectivity index (χ1v) is 18.5. The number of nitrogens with zero attached hydrogens (tertiary/aromatic N) is 4. The quantitative estimate of drug-likeness (QED) is 0.120. The molecule has 0 spiro atoms. The van der Waals surface area contributed by atoms with Crippen LogP contribution in [0.3, 0.4) is 0 Å². The van der Waals surface area contributed by atoms with E-state index in [0.29, 0.717) is 65.9 Å². The zero-order chi connectivity index (χ0) is 38.2. The Labute approximate surface area is 315 Å². The maximum Gasteiger partial charge on any atom is 0.274 e. The van der Waals surface area contributed by atoms with E-state index < -0.39 is 11.9 Å². The van der Waals surface area contributed by atoms with E-state index in [4.69, 9.17) is 9.84 Å². The molecule has 0 aliphatic carbocycles. The second-order valence-corrected chi connectivity index (χ2v) is 13.6. The Kier molecular flexibility index (Phi) is 12.2. The van der Waals surface area contributed by atoms with Crippen LogP contribution in [0.25, 0.3) is 5.69 Å². The average Bonchev–Trinajstić information content (AvgIpc) is 3.58. The number of nitrogens with one attached hydrogen (secondary N) is 1. The van der Waals surface area contributed by atoms with Crippen molar-refractivity contribution in [1.82, 2.24) is 19.6 Å². The Balaban J connectivity index is 1.31. The second-order valence-electron chi connectivity index (χ2n) is 13.6. The molecule has 0 radical (unpaired) electrons. The van der Waals surface area contributed by atoms with Crippen molar-refractivity contribution < 1.29 is 28.6 Å². The van der Waals surface area contributed by atoms with Gasteiger partial charge in [-0.05, 0) is 110 Å². The number of hydrogen-bond donors (Lipinski definition) is 2. The molecule has 0 fully saturated rings. The predicted molar refractivity (Wildman–Crippen MR) is 206 cm³/mol. The number of hydrogen-bond acceptors (Lipinski definition) is 6. The van der Waals surface area contributed by atoms with Crippen LogP contribution in [-0.2, 0) is 13.0 Å². The first kappa shape index (κ1) is 37.9. The topological polar surface area (TPSA) is 117 Å². The molecule has 1 aromatic heterocycles. The fourth-order valence-electron chi connectivity index (χ4n) is 6.63. The van der Waals surface area contributed by atoms with E-state index in [0.717, 1.165) is 36.8 Å². The summed E-state index contributed by atoms with van der Waals surface area (Å²) in [6.45, 7) is 7.39. The van der Waals surface area contributed by atoms with Gasteiger partial charge in [0.25, 0.3) is 17.7 Å². The third kappa shape index (κ3) is 8.69. The van der Waals surface area contributed by atoms with Gasteiger partial charge in [0.1, 0.15) is 17.3 Å². The summed E-state index contributed by atoms with van der Waals surface area (Å²) in [6, 6.07) is 26.3. The van der Waals surface area contributed by atoms with E-state index in [2.05, 4.69) is 19.2 Å². The smallest absolute Gasteiger partial charge is 0.274 e. The number of amides is 3. The van der Waals surface area contributed by atoms with Gasteiger partial charge in [0.2, 0.25) is 0 Å². The SMILES string of the molecule is CCCCN(CCCC)C(=O)c1cc(C)n(-c2ccc(NC(=O)c3ccc(Oc4ccc(F)cc4)cc3)cc2C(=O)N2Cc3ccccc3CC2CO)n1. The number of aliphatic hydroxyl groups excluding tert-OH is 1. The molecule has 2 heterocycles. The Morgan fingerprint density at radius 3 is 2.19 bits per heavy atom. The Morgan fingerprint density at radius 2 is 1.54 bits per heavy atom. The zero-order valence-corrected chi connectivity index (χ0v) is 30.9. The summed E-state index contributed by atoms with van der Waals surface area (Å²) in [7, 11) is 0. The monoisotopic (exact) mass is 731 g/mol. The molecule has 4 aromatic carbocycles. The number of aliphatic hydroxyl groups is 1. The molecular formula is C43H46FN5O5. The van der Waals surface area contributed by atoms with Crippen LogP contribution in [0.15, 0.2) is 97.1 Å². The van der Waals surface area contributed by atoms with Crippen LogP contribution in [0.4, 0.5) is 10.1 Å². The standard InChI is InChI=1S/C43H46FN5O5/c1-4-6-22-47(23-7-5-2)43(53)39-24-29(3)49(46-39)40-21-16-34(26-38(40)42(52)48-27-32-11-9-8-10-31(32)25-35(48)28-50)45-41(51)30-12-17-36(18-13-30)54-37-19-14-33(44)15-20-37/h8-21,24,26,35,50H,4-7,22-23,25,27-28H2,1-3H3,(H,45,51). The highest BCUT2D eigenvalue weighted by atomic mass is 19.1. The van der Waals surface area contributed by atoms with Gasteiger partial charge < -0.3 is 25.0 Å². The lowest BCUT2D eigenvalue weighted by molar-refractivity contribution is 0.0544. The van der Waals surface area contributed by atoms with Crippen molar-refractivity contribution >= 4 is 23.4 Å². The third-order valence-corrected chi connectivity index (χ3v) is 9.66. The summed E-state index contributed by atoms with van der Waals surface area (Å²) >= 11 is 0. The Morgan fingerprint density at radius 1 is 0.889 bits per heavy atom. The first-order chi connectivity index (χ1) is 26.2. The molecule has 1 aliphatic heterocycles. The first-order valence-electron chi connectivity index (χ1n) is 18.5. The van der Waals surface area contributed by atoms with Gasteiger partial charge in [0.15, 0.2) is 5.69 Å². The second kappa shape index (κ2) is 17.3. The van der Waals surface area contributed by atoms with E-state index in [1.165, 1.54) is 24.3 Å². The lowest BCUT2D eigenvalue weighted by Crippen LogP contribution is -2.46. The van der Waals surface area contributed by atoms with Gasteiger partial charge in [-0.15, -0.1) is 0 Å². The van der Waals surface area contributed by atoms with Crippen molar-refractivity contribution in [2.45, 2.75) is 65.5 Å². The molecule has 280 valence electrons. The van der Waals surface area contributed by atoms with Crippen molar-refractivity contribution in [3.8, 4) is 17.2 Å². The molecule has 0 bridgehead atoms. The number of benzene rings is 4. The van der Waals surface area contributed by atoms with E-state index in [-0.39, 0.29) is 29.8 Å². The molecule has 0 saturated carbocycles. The molecule has 54 heavy (non-hydrogen) atoms. The van der Waals surface area contributed by atoms with Gasteiger partial charge in [-0.2, -0.15) is 5.10 Å². The highest BCUT2D eigenvalue weighted by molar-refractivity contribution is 6.06. The van der Waals surface area contributed by atoms with Crippen LogP contribution in [-0.4, -0.2) is 68.1 Å². The van der Waals surface area contributed by atoms with Gasteiger partial charge in [-0.25, -0.2) is 9.07 Å². The number of anilines is 1. The number of halogens is 1. The van der Waals surface area contributed by atoms with Crippen LogP contribution in [0, 0.1) is 12.7 Å². The number of rotatable bonds is 14. The fraction of sp³-hybridized carbons (Fsp3) is 0.302. The molecule has 1 unspecified atom stereocenters. The van der Waals surface area contributed by atoms with E-state index in [1.54, 1.807) is 58.1 Å². The van der Waals surface area contributed by atoms with Crippen molar-refractivity contribution in [3.63, 3.8) is 0 Å². The van der Waals surface area contributed by atoms with E-state index in [1.807, 2.05) is 36.1 Å². The van der Waals surface area contributed by atoms with Gasteiger partial charge in [-0.1, -0.05) is 51.0 Å². The van der Waals surface area contributed by atoms with E-state index in [9.17, 15) is 23.9 Å². The van der Waals surface area contributed by atoms with Gasteiger partial charge in [0, 0.05) is 36.6 Å². The van der Waals surface area contributed by atoms with Crippen LogP contribution in [0.5, 0.6) is 11.5 Å². The lowest BCUT2D eigenvalue weighted by atomic mass is 9.93. The van der Waals surface area contributed by atoms with Crippen molar-refractivity contribution in [1.29, 1.82) is 0 Å². The number of fused-ring (bicyclic) bond motifs is 1. The number of ether oxygens (including phenoxy) is 1. The predicted octanol–water partition coefficient (Wildman–Crippen LogP) is 7.97. The Bertz CT molecular complexity index is 2090. The summed E-state index contributed by atoms with van der Waals surface area (Å²) in [5.41, 5.74) is 4.47. The maximum atomic E-state index is 14.6. The van der Waals surface area contributed by atoms with Gasteiger partial charge in [-0.3, -0.25) is 14.4 Å². The number of carbonyl (C=O) groups excluding carboxylic acids is 3. The summed E-state index contributed by atoms with van der Waals surface area (Å²) in [5.74, 6) is -0.334. The lowest BCUT2D eigenvalue weighted by Gasteiger charge is -2.36. The molecule has 3 amide bonds. The largest absolute Gasteiger partial charge is 0.457 e. The highest BCUT2D eigenvalue weighted by Crippen LogP contribution is 2.30. The van der Waals surface area contributed by atoms with Crippen LogP contribution < -0.4 is 10.1 Å². The molecule has 6 rings (SSSR count). The highest BCUT2D eigenvalue weighted by Gasteiger charge is 2.32. The van der Waals surface area contributed by atoms with Gasteiger partial charge >= 0.3 is 0 Å². The molecule has 2 N–H and O–H groups in total. The van der Waals surface area contributed by atoms with Crippen molar-refractivity contribution in [2.24, 2.45) is 0 Å². The molecule has 1 atom stereocenters. The van der Waals surface area contributed by atoms with E-state index >= 15 is 0 Å². The molecule has 11 heteroatoms. The normalized spacial score (nSPS) is 13.6. The fourth-order valence-corrected chi connectivity index (χ4v) is 6.63. The minimum atomic E-state index is -0.462. The summed E-state index contributed by atoms with van der Waals surface area (Å²) < 4.78 is 20.7. The number of unbranched alkanes of at least 4 members (excludes halogenated alkanes) is 2. The summed E-state index contributed by atoms with van der Waals surface area (Å²) in [6.07, 6.45) is 4.20.